The van der Waals surface area contributed by atoms with Crippen LogP contribution >= 0.6 is 11.6 Å². The zero-order valence-corrected chi connectivity index (χ0v) is 11.1. The molecule has 1 N–H and O–H groups in total. The Morgan fingerprint density at radius 3 is 3.21 bits per heavy atom. The van der Waals surface area contributed by atoms with E-state index in [1.807, 2.05) is 24.4 Å². The van der Waals surface area contributed by atoms with Crippen LogP contribution < -0.4 is 0 Å². The van der Waals surface area contributed by atoms with E-state index in [0.29, 0.717) is 18.2 Å². The van der Waals surface area contributed by atoms with E-state index in [9.17, 15) is 4.79 Å². The molecule has 0 amide bonds. The van der Waals surface area contributed by atoms with Gasteiger partial charge in [-0.15, -0.1) is 0 Å². The monoisotopic (exact) mass is 279 g/mol. The lowest BCUT2D eigenvalue weighted by molar-refractivity contribution is -0.148. The third kappa shape index (κ3) is 2.74. The van der Waals surface area contributed by atoms with Crippen LogP contribution in [0.2, 0.25) is 5.02 Å². The van der Waals surface area contributed by atoms with Gasteiger partial charge in [0.2, 0.25) is 0 Å². The predicted molar refractivity (Wildman–Crippen MR) is 72.3 cm³/mol. The van der Waals surface area contributed by atoms with E-state index in [-0.39, 0.29) is 18.5 Å². The number of hydrogen-bond acceptors (Lipinski definition) is 3. The Balaban J connectivity index is 1.72. The Morgan fingerprint density at radius 1 is 1.53 bits per heavy atom. The van der Waals surface area contributed by atoms with Crippen LogP contribution in [0.25, 0.3) is 10.9 Å². The predicted octanol–water partition coefficient (Wildman–Crippen LogP) is 2.70. The van der Waals surface area contributed by atoms with Crippen LogP contribution in [-0.2, 0) is 20.7 Å². The van der Waals surface area contributed by atoms with Gasteiger partial charge in [0, 0.05) is 28.5 Å². The average Bonchev–Trinajstić information content (AvgIpc) is 2.99. The molecule has 1 saturated heterocycles. The number of nitrogens with one attached hydrogen (secondary N) is 1. The van der Waals surface area contributed by atoms with Crippen LogP contribution in [0.1, 0.15) is 12.0 Å². The molecule has 1 atom stereocenters. The number of ether oxygens (including phenoxy) is 2. The van der Waals surface area contributed by atoms with Gasteiger partial charge >= 0.3 is 5.97 Å². The zero-order chi connectivity index (χ0) is 13.2. The summed E-state index contributed by atoms with van der Waals surface area (Å²) < 4.78 is 10.5. The summed E-state index contributed by atoms with van der Waals surface area (Å²) in [5.74, 6) is -0.216. The van der Waals surface area contributed by atoms with Crippen molar-refractivity contribution in [2.24, 2.45) is 0 Å². The highest BCUT2D eigenvalue weighted by Gasteiger charge is 2.20. The molecule has 0 radical (unpaired) electrons. The number of esters is 1. The van der Waals surface area contributed by atoms with Crippen molar-refractivity contribution in [3.8, 4) is 0 Å². The topological polar surface area (TPSA) is 51.3 Å². The molecule has 19 heavy (non-hydrogen) atoms. The van der Waals surface area contributed by atoms with Gasteiger partial charge in [-0.25, -0.2) is 0 Å². The smallest absolute Gasteiger partial charge is 0.310 e. The fraction of sp³-hybridized carbons (Fsp3) is 0.357. The van der Waals surface area contributed by atoms with Gasteiger partial charge in [-0.1, -0.05) is 17.7 Å². The zero-order valence-electron chi connectivity index (χ0n) is 10.3. The minimum absolute atomic E-state index is 0.0906. The molecule has 3 rings (SSSR count). The number of rotatable bonds is 3. The molecule has 5 heteroatoms. The maximum Gasteiger partial charge on any atom is 0.310 e. The summed E-state index contributed by atoms with van der Waals surface area (Å²) >= 11 is 5.92. The summed E-state index contributed by atoms with van der Waals surface area (Å²) in [6, 6.07) is 5.57. The lowest BCUT2D eigenvalue weighted by atomic mass is 10.1. The number of hydrogen-bond donors (Lipinski definition) is 1. The van der Waals surface area contributed by atoms with Crippen LogP contribution in [-0.4, -0.2) is 30.3 Å². The van der Waals surface area contributed by atoms with E-state index in [1.54, 1.807) is 0 Å². The van der Waals surface area contributed by atoms with Gasteiger partial charge in [0.15, 0.2) is 0 Å². The number of benzene rings is 1. The van der Waals surface area contributed by atoms with Crippen LogP contribution in [0.4, 0.5) is 0 Å². The number of halogens is 1. The van der Waals surface area contributed by atoms with Crippen molar-refractivity contribution < 1.29 is 14.3 Å². The van der Waals surface area contributed by atoms with E-state index in [0.717, 1.165) is 22.9 Å². The number of fused-ring (bicyclic) bond motifs is 1. The molecule has 0 unspecified atom stereocenters. The lowest BCUT2D eigenvalue weighted by Crippen LogP contribution is -2.19. The van der Waals surface area contributed by atoms with Gasteiger partial charge in [0.25, 0.3) is 0 Å². The highest BCUT2D eigenvalue weighted by molar-refractivity contribution is 6.31. The Labute approximate surface area is 115 Å². The van der Waals surface area contributed by atoms with Crippen molar-refractivity contribution in [3.05, 3.63) is 35.0 Å². The third-order valence-electron chi connectivity index (χ3n) is 3.25. The van der Waals surface area contributed by atoms with Crippen molar-refractivity contribution in [3.63, 3.8) is 0 Å². The Hall–Kier alpha value is -1.52. The molecule has 1 aromatic heterocycles. The molecule has 0 aliphatic carbocycles. The van der Waals surface area contributed by atoms with Gasteiger partial charge in [-0.2, -0.15) is 0 Å². The van der Waals surface area contributed by atoms with E-state index < -0.39 is 0 Å². The first kappa shape index (κ1) is 12.5. The van der Waals surface area contributed by atoms with Crippen molar-refractivity contribution in [1.82, 2.24) is 4.98 Å². The molecule has 4 nitrogen and oxygen atoms in total. The first-order valence-electron chi connectivity index (χ1n) is 6.25. The lowest BCUT2D eigenvalue weighted by Gasteiger charge is -2.09. The largest absolute Gasteiger partial charge is 0.460 e. The van der Waals surface area contributed by atoms with E-state index >= 15 is 0 Å². The second-order valence-electron chi connectivity index (χ2n) is 4.66. The van der Waals surface area contributed by atoms with Gasteiger partial charge in [0.05, 0.1) is 19.6 Å². The number of carbonyl (C=O) groups excluding carboxylic acids is 1. The Bertz CT molecular complexity index is 602. The average molecular weight is 280 g/mol. The van der Waals surface area contributed by atoms with Crippen molar-refractivity contribution >= 4 is 28.5 Å². The molecule has 1 aromatic carbocycles. The number of aromatic nitrogens is 1. The summed E-state index contributed by atoms with van der Waals surface area (Å²) in [5.41, 5.74) is 1.86. The number of carbonyl (C=O) groups is 1. The highest BCUT2D eigenvalue weighted by Crippen LogP contribution is 2.23. The van der Waals surface area contributed by atoms with Crippen LogP contribution in [0.5, 0.6) is 0 Å². The summed E-state index contributed by atoms with van der Waals surface area (Å²) in [6.07, 6.45) is 2.79. The summed E-state index contributed by atoms with van der Waals surface area (Å²) in [5, 5.41) is 1.68. The summed E-state index contributed by atoms with van der Waals surface area (Å²) in [7, 11) is 0. The normalized spacial score (nSPS) is 18.9. The van der Waals surface area contributed by atoms with E-state index in [4.69, 9.17) is 21.1 Å². The maximum absolute atomic E-state index is 11.9. The van der Waals surface area contributed by atoms with Crippen molar-refractivity contribution in [1.29, 1.82) is 0 Å². The molecular formula is C14H14ClNO3. The van der Waals surface area contributed by atoms with Crippen LogP contribution in [0.3, 0.4) is 0 Å². The fourth-order valence-corrected chi connectivity index (χ4v) is 2.47. The molecular weight excluding hydrogens is 266 g/mol. The summed E-state index contributed by atoms with van der Waals surface area (Å²) in [6.45, 7) is 1.18. The quantitative estimate of drug-likeness (QED) is 0.879. The van der Waals surface area contributed by atoms with Crippen molar-refractivity contribution in [2.75, 3.05) is 13.2 Å². The van der Waals surface area contributed by atoms with Gasteiger partial charge < -0.3 is 14.5 Å². The minimum atomic E-state index is -0.216. The molecule has 2 aromatic rings. The van der Waals surface area contributed by atoms with Gasteiger partial charge in [0.1, 0.15) is 6.10 Å². The van der Waals surface area contributed by atoms with Crippen molar-refractivity contribution in [2.45, 2.75) is 18.9 Å². The summed E-state index contributed by atoms with van der Waals surface area (Å²) in [4.78, 5) is 15.0. The molecule has 1 aliphatic rings. The second kappa shape index (κ2) is 5.23. The molecule has 100 valence electrons. The third-order valence-corrected chi connectivity index (χ3v) is 3.49. The fourth-order valence-electron chi connectivity index (χ4n) is 2.29. The molecule has 0 saturated carbocycles. The highest BCUT2D eigenvalue weighted by atomic mass is 35.5. The molecule has 1 fully saturated rings. The SMILES string of the molecule is O=C(Cc1c[nH]c2cc(Cl)ccc12)O[C@H]1CCOC1. The van der Waals surface area contributed by atoms with Gasteiger partial charge in [-0.3, -0.25) is 4.79 Å². The minimum Gasteiger partial charge on any atom is -0.460 e. The first-order valence-corrected chi connectivity index (χ1v) is 6.63. The molecule has 0 bridgehead atoms. The number of aromatic amines is 1. The Kier molecular flexibility index (Phi) is 3.44. The standard InChI is InChI=1S/C14H14ClNO3/c15-10-1-2-12-9(7-16-13(12)6-10)5-14(17)19-11-3-4-18-8-11/h1-2,6-7,11,16H,3-5,8H2/t11-/m0/s1. The van der Waals surface area contributed by atoms with Crippen LogP contribution in [0, 0.1) is 0 Å². The number of H-pyrrole nitrogens is 1. The Morgan fingerprint density at radius 2 is 2.42 bits per heavy atom. The van der Waals surface area contributed by atoms with Gasteiger partial charge in [-0.05, 0) is 17.7 Å². The second-order valence-corrected chi connectivity index (χ2v) is 5.09. The molecule has 2 heterocycles. The van der Waals surface area contributed by atoms with E-state index in [2.05, 4.69) is 4.98 Å². The van der Waals surface area contributed by atoms with E-state index in [1.165, 1.54) is 0 Å². The molecule has 0 spiro atoms. The van der Waals surface area contributed by atoms with Crippen LogP contribution in [0.15, 0.2) is 24.4 Å². The maximum atomic E-state index is 11.9. The first-order chi connectivity index (χ1) is 9.22. The molecule has 1 aliphatic heterocycles.